The van der Waals surface area contributed by atoms with Crippen LogP contribution in [0.25, 0.3) is 0 Å². The average Bonchev–Trinajstić information content (AvgIpc) is 2.75. The molecule has 1 aromatic rings. The predicted octanol–water partition coefficient (Wildman–Crippen LogP) is 9.19. The van der Waals surface area contributed by atoms with Gasteiger partial charge in [0.2, 0.25) is 0 Å². The van der Waals surface area contributed by atoms with E-state index < -0.39 is 11.6 Å². The van der Waals surface area contributed by atoms with Crippen molar-refractivity contribution >= 4 is 0 Å². The zero-order chi connectivity index (χ0) is 20.5. The Morgan fingerprint density at radius 3 is 1.69 bits per heavy atom. The third kappa shape index (κ3) is 7.07. The lowest BCUT2D eigenvalue weighted by Crippen LogP contribution is -2.16. The molecular formula is C27H42F2. The summed E-state index contributed by atoms with van der Waals surface area (Å²) in [6.07, 6.45) is 21.5. The molecule has 29 heavy (non-hydrogen) atoms. The number of unbranched alkanes of at least 4 members (excludes halogenated alkanes) is 3. The van der Waals surface area contributed by atoms with Crippen LogP contribution in [-0.2, 0) is 0 Å². The Balaban J connectivity index is 1.26. The van der Waals surface area contributed by atoms with Crippen molar-refractivity contribution in [1.82, 2.24) is 0 Å². The number of halogens is 2. The molecule has 0 saturated heterocycles. The van der Waals surface area contributed by atoms with Gasteiger partial charge in [0.25, 0.3) is 0 Å². The molecule has 0 atom stereocenters. The van der Waals surface area contributed by atoms with Crippen LogP contribution in [0, 0.1) is 29.4 Å². The van der Waals surface area contributed by atoms with E-state index in [2.05, 4.69) is 6.92 Å². The number of rotatable bonds is 10. The predicted molar refractivity (Wildman–Crippen MR) is 119 cm³/mol. The van der Waals surface area contributed by atoms with Gasteiger partial charge in [-0.15, -0.1) is 0 Å². The molecule has 2 heteroatoms. The third-order valence-corrected chi connectivity index (χ3v) is 7.93. The fraction of sp³-hybridized carbons (Fsp3) is 0.778. The molecule has 0 spiro atoms. The van der Waals surface area contributed by atoms with Crippen molar-refractivity contribution in [2.75, 3.05) is 0 Å². The maximum absolute atomic E-state index is 14.0. The van der Waals surface area contributed by atoms with Crippen LogP contribution in [0.4, 0.5) is 8.78 Å². The lowest BCUT2D eigenvalue weighted by molar-refractivity contribution is 0.240. The summed E-state index contributed by atoms with van der Waals surface area (Å²) < 4.78 is 27.5. The van der Waals surface area contributed by atoms with Gasteiger partial charge < -0.3 is 0 Å². The summed E-state index contributed by atoms with van der Waals surface area (Å²) in [5, 5.41) is 0. The fourth-order valence-corrected chi connectivity index (χ4v) is 5.96. The third-order valence-electron chi connectivity index (χ3n) is 7.93. The minimum atomic E-state index is -0.695. The van der Waals surface area contributed by atoms with Gasteiger partial charge in [0.05, 0.1) is 0 Å². The molecule has 0 aromatic heterocycles. The first-order valence-corrected chi connectivity index (χ1v) is 12.6. The zero-order valence-electron chi connectivity index (χ0n) is 18.6. The standard InChI is InChI=1S/C27H42F2/c1-2-3-4-8-21-13-15-22(16-14-21)9-5-6-10-23-17-19-24(20-18-23)25-11-7-12-26(28)27(25)29/h7,11-12,21-24H,2-6,8-10,13-20H2,1H3/t21-,22-,23?,24?. The van der Waals surface area contributed by atoms with Crippen LogP contribution in [-0.4, -0.2) is 0 Å². The Kier molecular flexibility index (Phi) is 9.46. The molecule has 0 amide bonds. The molecule has 1 aromatic carbocycles. The number of hydrogen-bond acceptors (Lipinski definition) is 0. The van der Waals surface area contributed by atoms with Crippen molar-refractivity contribution < 1.29 is 8.78 Å². The first-order valence-electron chi connectivity index (χ1n) is 12.6. The molecule has 0 unspecified atom stereocenters. The van der Waals surface area contributed by atoms with Crippen molar-refractivity contribution in [3.63, 3.8) is 0 Å². The van der Waals surface area contributed by atoms with Gasteiger partial charge in [-0.1, -0.05) is 96.1 Å². The molecule has 164 valence electrons. The lowest BCUT2D eigenvalue weighted by atomic mass is 9.76. The Bertz CT molecular complexity index is 580. The minimum Gasteiger partial charge on any atom is -0.204 e. The van der Waals surface area contributed by atoms with Crippen molar-refractivity contribution in [2.45, 2.75) is 116 Å². The van der Waals surface area contributed by atoms with E-state index in [-0.39, 0.29) is 5.92 Å². The van der Waals surface area contributed by atoms with Crippen molar-refractivity contribution in [3.05, 3.63) is 35.4 Å². The summed E-state index contributed by atoms with van der Waals surface area (Å²) in [6, 6.07) is 4.66. The van der Waals surface area contributed by atoms with E-state index in [9.17, 15) is 8.78 Å². The summed E-state index contributed by atoms with van der Waals surface area (Å²) in [7, 11) is 0. The molecule has 2 saturated carbocycles. The molecule has 3 rings (SSSR count). The van der Waals surface area contributed by atoms with Crippen LogP contribution < -0.4 is 0 Å². The van der Waals surface area contributed by atoms with Crippen molar-refractivity contribution in [2.24, 2.45) is 17.8 Å². The molecular weight excluding hydrogens is 362 g/mol. The molecule has 0 radical (unpaired) electrons. The highest BCUT2D eigenvalue weighted by Gasteiger charge is 2.25. The van der Waals surface area contributed by atoms with Crippen LogP contribution in [0.1, 0.15) is 121 Å². The molecule has 0 nitrogen and oxygen atoms in total. The van der Waals surface area contributed by atoms with Crippen LogP contribution in [0.15, 0.2) is 18.2 Å². The van der Waals surface area contributed by atoms with Crippen LogP contribution >= 0.6 is 0 Å². The van der Waals surface area contributed by atoms with E-state index in [4.69, 9.17) is 0 Å². The van der Waals surface area contributed by atoms with Crippen LogP contribution in [0.2, 0.25) is 0 Å². The highest BCUT2D eigenvalue weighted by molar-refractivity contribution is 5.23. The van der Waals surface area contributed by atoms with Gasteiger partial charge in [-0.05, 0) is 61.0 Å². The number of benzene rings is 1. The second-order valence-electron chi connectivity index (χ2n) is 10.0. The Labute approximate surface area is 177 Å². The molecule has 0 bridgehead atoms. The fourth-order valence-electron chi connectivity index (χ4n) is 5.96. The number of hydrogen-bond donors (Lipinski definition) is 0. The first kappa shape index (κ1) is 22.8. The van der Waals surface area contributed by atoms with Gasteiger partial charge in [0.15, 0.2) is 11.6 Å². The van der Waals surface area contributed by atoms with Gasteiger partial charge in [0.1, 0.15) is 0 Å². The van der Waals surface area contributed by atoms with Gasteiger partial charge in [-0.3, -0.25) is 0 Å². The second kappa shape index (κ2) is 12.1. The monoisotopic (exact) mass is 404 g/mol. The Morgan fingerprint density at radius 2 is 1.17 bits per heavy atom. The summed E-state index contributed by atoms with van der Waals surface area (Å²) in [6.45, 7) is 2.30. The Morgan fingerprint density at radius 1 is 0.690 bits per heavy atom. The maximum atomic E-state index is 14.0. The van der Waals surface area contributed by atoms with E-state index in [0.29, 0.717) is 5.56 Å². The summed E-state index contributed by atoms with van der Waals surface area (Å²) in [5.74, 6) is 1.72. The highest BCUT2D eigenvalue weighted by atomic mass is 19.2. The lowest BCUT2D eigenvalue weighted by Gasteiger charge is -2.30. The van der Waals surface area contributed by atoms with Gasteiger partial charge >= 0.3 is 0 Å². The molecule has 2 aliphatic rings. The highest BCUT2D eigenvalue weighted by Crippen LogP contribution is 2.39. The van der Waals surface area contributed by atoms with E-state index in [1.54, 1.807) is 12.1 Å². The van der Waals surface area contributed by atoms with Gasteiger partial charge in [-0.25, -0.2) is 8.78 Å². The second-order valence-corrected chi connectivity index (χ2v) is 10.0. The minimum absolute atomic E-state index is 0.217. The van der Waals surface area contributed by atoms with Gasteiger partial charge in [0, 0.05) is 0 Å². The normalized spacial score (nSPS) is 27.8. The van der Waals surface area contributed by atoms with E-state index in [0.717, 1.165) is 30.6 Å². The summed E-state index contributed by atoms with van der Waals surface area (Å²) in [4.78, 5) is 0. The topological polar surface area (TPSA) is 0 Å². The van der Waals surface area contributed by atoms with E-state index in [1.807, 2.05) is 0 Å². The van der Waals surface area contributed by atoms with Crippen LogP contribution in [0.3, 0.4) is 0 Å². The molecule has 2 fully saturated rings. The first-order chi connectivity index (χ1) is 14.2. The molecule has 0 N–H and O–H groups in total. The van der Waals surface area contributed by atoms with Crippen LogP contribution in [0.5, 0.6) is 0 Å². The average molecular weight is 405 g/mol. The van der Waals surface area contributed by atoms with E-state index in [1.165, 1.54) is 96.0 Å². The molecule has 2 aliphatic carbocycles. The van der Waals surface area contributed by atoms with E-state index >= 15 is 0 Å². The largest absolute Gasteiger partial charge is 0.204 e. The summed E-state index contributed by atoms with van der Waals surface area (Å²) in [5.41, 5.74) is 0.605. The SMILES string of the molecule is CCCCC[C@H]1CC[C@H](CCCCC2CCC(c3cccc(F)c3F)CC2)CC1. The van der Waals surface area contributed by atoms with Gasteiger partial charge in [-0.2, -0.15) is 0 Å². The Hall–Kier alpha value is -0.920. The van der Waals surface area contributed by atoms with Crippen molar-refractivity contribution in [3.8, 4) is 0 Å². The zero-order valence-corrected chi connectivity index (χ0v) is 18.6. The smallest absolute Gasteiger partial charge is 0.162 e. The quantitative estimate of drug-likeness (QED) is 0.341. The molecule has 0 heterocycles. The summed E-state index contributed by atoms with van der Waals surface area (Å²) >= 11 is 0. The van der Waals surface area contributed by atoms with Crippen molar-refractivity contribution in [1.29, 1.82) is 0 Å². The molecule has 0 aliphatic heterocycles. The maximum Gasteiger partial charge on any atom is 0.162 e.